The second-order valence-corrected chi connectivity index (χ2v) is 8.63. The van der Waals surface area contributed by atoms with Crippen molar-refractivity contribution in [2.24, 2.45) is 0 Å². The highest BCUT2D eigenvalue weighted by Gasteiger charge is 2.40. The van der Waals surface area contributed by atoms with Crippen LogP contribution in [0.5, 0.6) is 5.75 Å². The lowest BCUT2D eigenvalue weighted by Gasteiger charge is -2.49. The van der Waals surface area contributed by atoms with Gasteiger partial charge in [-0.15, -0.1) is 10.2 Å². The monoisotopic (exact) mass is 372 g/mol. The van der Waals surface area contributed by atoms with Crippen LogP contribution in [0.4, 0.5) is 10.2 Å². The van der Waals surface area contributed by atoms with Gasteiger partial charge in [-0.3, -0.25) is 0 Å². The molecule has 1 aliphatic rings. The van der Waals surface area contributed by atoms with E-state index in [2.05, 4.69) is 43.2 Å². The number of halogens is 1. The van der Waals surface area contributed by atoms with Gasteiger partial charge in [0.2, 0.25) is 0 Å². The maximum atomic E-state index is 13.3. The summed E-state index contributed by atoms with van der Waals surface area (Å²) in [5, 5.41) is 22.3. The number of hydrogen-bond donors (Lipinski definition) is 2. The van der Waals surface area contributed by atoms with Crippen molar-refractivity contribution < 1.29 is 9.50 Å². The number of nitrogens with zero attached hydrogens (tertiary/aromatic N) is 3. The number of anilines is 1. The SMILES string of the molecule is CC1(C)CC(N(CCF)c2ccc(-c3ccccc3O)nn2)CC(C)(C)N1. The molecule has 0 radical (unpaired) electrons. The van der Waals surface area contributed by atoms with Crippen molar-refractivity contribution in [3.63, 3.8) is 0 Å². The standard InChI is InChI=1S/C21H29FN4O/c1-20(2)13-15(14-21(3,4)25-20)26(12-11-22)19-10-9-17(23-24-19)16-7-5-6-8-18(16)27/h5-10,15,25,27H,11-14H2,1-4H3. The van der Waals surface area contributed by atoms with Crippen LogP contribution in [-0.2, 0) is 0 Å². The van der Waals surface area contributed by atoms with Gasteiger partial charge in [0.05, 0.1) is 5.69 Å². The molecule has 0 atom stereocenters. The van der Waals surface area contributed by atoms with Crippen LogP contribution in [0, 0.1) is 0 Å². The Morgan fingerprint density at radius 1 is 1.07 bits per heavy atom. The van der Waals surface area contributed by atoms with Crippen LogP contribution < -0.4 is 10.2 Å². The minimum absolute atomic E-state index is 0.0375. The van der Waals surface area contributed by atoms with Gasteiger partial charge in [0.1, 0.15) is 12.4 Å². The highest BCUT2D eigenvalue weighted by molar-refractivity contribution is 5.66. The number of phenolic OH excluding ortho intramolecular Hbond substituents is 1. The molecule has 5 nitrogen and oxygen atoms in total. The lowest BCUT2D eigenvalue weighted by molar-refractivity contribution is 0.157. The van der Waals surface area contributed by atoms with Gasteiger partial charge in [0.15, 0.2) is 5.82 Å². The molecule has 0 unspecified atom stereocenters. The first-order valence-corrected chi connectivity index (χ1v) is 9.45. The molecule has 3 rings (SSSR count). The highest BCUT2D eigenvalue weighted by atomic mass is 19.1. The molecule has 1 aromatic heterocycles. The summed E-state index contributed by atoms with van der Waals surface area (Å²) in [5.74, 6) is 0.840. The van der Waals surface area contributed by atoms with Gasteiger partial charge in [0.25, 0.3) is 0 Å². The van der Waals surface area contributed by atoms with E-state index >= 15 is 0 Å². The van der Waals surface area contributed by atoms with E-state index < -0.39 is 6.67 Å². The van der Waals surface area contributed by atoms with E-state index in [0.717, 1.165) is 12.8 Å². The van der Waals surface area contributed by atoms with Gasteiger partial charge >= 0.3 is 0 Å². The fourth-order valence-corrected chi connectivity index (χ4v) is 4.38. The number of aromatic hydroxyl groups is 1. The number of alkyl halides is 1. The van der Waals surface area contributed by atoms with E-state index in [0.29, 0.717) is 23.6 Å². The summed E-state index contributed by atoms with van der Waals surface area (Å²) >= 11 is 0. The highest BCUT2D eigenvalue weighted by Crippen LogP contribution is 2.34. The molecule has 0 spiro atoms. The summed E-state index contributed by atoms with van der Waals surface area (Å²) in [4.78, 5) is 2.03. The molecule has 0 aliphatic carbocycles. The van der Waals surface area contributed by atoms with Gasteiger partial charge in [-0.2, -0.15) is 0 Å². The number of phenols is 1. The summed E-state index contributed by atoms with van der Waals surface area (Å²) < 4.78 is 13.3. The third-order valence-electron chi connectivity index (χ3n) is 5.06. The number of nitrogens with one attached hydrogen (secondary N) is 1. The molecular formula is C21H29FN4O. The molecule has 1 aromatic carbocycles. The third kappa shape index (κ3) is 4.56. The predicted molar refractivity (Wildman–Crippen MR) is 107 cm³/mol. The molecule has 2 N–H and O–H groups in total. The molecule has 2 aromatic rings. The quantitative estimate of drug-likeness (QED) is 0.833. The number of para-hydroxylation sites is 1. The van der Waals surface area contributed by atoms with Crippen LogP contribution in [-0.4, -0.2) is 45.6 Å². The Labute approximate surface area is 160 Å². The third-order valence-corrected chi connectivity index (χ3v) is 5.06. The summed E-state index contributed by atoms with van der Waals surface area (Å²) in [6.07, 6.45) is 1.80. The van der Waals surface area contributed by atoms with Crippen molar-refractivity contribution in [2.45, 2.75) is 57.7 Å². The van der Waals surface area contributed by atoms with E-state index in [1.165, 1.54) is 0 Å². The second kappa shape index (κ2) is 7.43. The number of hydrogen-bond acceptors (Lipinski definition) is 5. The predicted octanol–water partition coefficient (Wildman–Crippen LogP) is 3.93. The Kier molecular flexibility index (Phi) is 5.38. The normalized spacial score (nSPS) is 19.0. The van der Waals surface area contributed by atoms with Crippen molar-refractivity contribution in [3.05, 3.63) is 36.4 Å². The molecule has 146 valence electrons. The summed E-state index contributed by atoms with van der Waals surface area (Å²) in [7, 11) is 0. The van der Waals surface area contributed by atoms with Gasteiger partial charge in [0, 0.05) is 29.2 Å². The first-order valence-electron chi connectivity index (χ1n) is 9.45. The van der Waals surface area contributed by atoms with E-state index in [9.17, 15) is 9.50 Å². The molecule has 2 heterocycles. The molecule has 1 saturated heterocycles. The number of rotatable bonds is 5. The molecule has 6 heteroatoms. The van der Waals surface area contributed by atoms with Crippen molar-refractivity contribution in [1.82, 2.24) is 15.5 Å². The number of benzene rings is 1. The summed E-state index contributed by atoms with van der Waals surface area (Å²) in [6, 6.07) is 10.9. The summed E-state index contributed by atoms with van der Waals surface area (Å²) in [5.41, 5.74) is 1.16. The van der Waals surface area contributed by atoms with Crippen LogP contribution in [0.15, 0.2) is 36.4 Å². The molecule has 0 amide bonds. The average Bonchev–Trinajstić information content (AvgIpc) is 2.58. The van der Waals surface area contributed by atoms with Crippen LogP contribution >= 0.6 is 0 Å². The van der Waals surface area contributed by atoms with Crippen LogP contribution in [0.3, 0.4) is 0 Å². The number of aromatic nitrogens is 2. The molecule has 0 bridgehead atoms. The Morgan fingerprint density at radius 3 is 2.30 bits per heavy atom. The Morgan fingerprint density at radius 2 is 1.74 bits per heavy atom. The minimum atomic E-state index is -0.437. The number of piperidine rings is 1. The van der Waals surface area contributed by atoms with Crippen molar-refractivity contribution >= 4 is 5.82 Å². The zero-order valence-corrected chi connectivity index (χ0v) is 16.5. The smallest absolute Gasteiger partial charge is 0.151 e. The van der Waals surface area contributed by atoms with Gasteiger partial charge < -0.3 is 15.3 Å². The fourth-order valence-electron chi connectivity index (χ4n) is 4.38. The Balaban J connectivity index is 1.88. The topological polar surface area (TPSA) is 61.3 Å². The molecular weight excluding hydrogens is 343 g/mol. The zero-order valence-electron chi connectivity index (χ0n) is 16.5. The molecule has 1 fully saturated rings. The average molecular weight is 372 g/mol. The maximum Gasteiger partial charge on any atom is 0.151 e. The second-order valence-electron chi connectivity index (χ2n) is 8.63. The van der Waals surface area contributed by atoms with Gasteiger partial charge in [-0.25, -0.2) is 4.39 Å². The van der Waals surface area contributed by atoms with Gasteiger partial charge in [-0.05, 0) is 64.8 Å². The van der Waals surface area contributed by atoms with E-state index in [-0.39, 0.29) is 22.9 Å². The first-order chi connectivity index (χ1) is 12.7. The van der Waals surface area contributed by atoms with Crippen molar-refractivity contribution in [3.8, 4) is 17.0 Å². The van der Waals surface area contributed by atoms with Crippen LogP contribution in [0.2, 0.25) is 0 Å². The maximum absolute atomic E-state index is 13.3. The molecule has 1 aliphatic heterocycles. The molecule has 27 heavy (non-hydrogen) atoms. The Hall–Kier alpha value is -2.21. The summed E-state index contributed by atoms with van der Waals surface area (Å²) in [6.45, 7) is 8.58. The van der Waals surface area contributed by atoms with Crippen molar-refractivity contribution in [2.75, 3.05) is 18.1 Å². The fraction of sp³-hybridized carbons (Fsp3) is 0.524. The zero-order chi connectivity index (χ0) is 19.7. The van der Waals surface area contributed by atoms with Crippen LogP contribution in [0.1, 0.15) is 40.5 Å². The lowest BCUT2D eigenvalue weighted by Crippen LogP contribution is -2.62. The van der Waals surface area contributed by atoms with E-state index in [1.54, 1.807) is 18.2 Å². The van der Waals surface area contributed by atoms with E-state index in [1.807, 2.05) is 23.1 Å². The Bertz CT molecular complexity index is 760. The van der Waals surface area contributed by atoms with Crippen LogP contribution in [0.25, 0.3) is 11.3 Å². The minimum Gasteiger partial charge on any atom is -0.507 e. The first kappa shape index (κ1) is 19.5. The van der Waals surface area contributed by atoms with Crippen molar-refractivity contribution in [1.29, 1.82) is 0 Å². The lowest BCUT2D eigenvalue weighted by atomic mass is 9.79. The van der Waals surface area contributed by atoms with Gasteiger partial charge in [-0.1, -0.05) is 12.1 Å². The van der Waals surface area contributed by atoms with E-state index in [4.69, 9.17) is 0 Å². The largest absolute Gasteiger partial charge is 0.507 e. The molecule has 0 saturated carbocycles.